The molecule has 3 aromatic rings. The second-order valence-corrected chi connectivity index (χ2v) is 12.4. The number of aromatic nitrogens is 1. The standard InChI is InChI=1S/C29H31F3N2O3S/c1-19(38(2,36)37)27-22(8-5-15-33-27)12-13-23-17-21(11-14-26(23)29(30,31)32)16-20-6-3-7-24(18-20)28(35)34-25-9-4-10-25/h3,5-8,11,14-15,17-19,25H,4,9-10,12-13,16H2,1-2H3,(H,34,35). The molecule has 1 aliphatic rings. The maximum atomic E-state index is 13.8. The predicted octanol–water partition coefficient (Wildman–Crippen LogP) is 5.86. The lowest BCUT2D eigenvalue weighted by Crippen LogP contribution is -2.39. The summed E-state index contributed by atoms with van der Waals surface area (Å²) in [5.41, 5.74) is 2.44. The summed E-state index contributed by atoms with van der Waals surface area (Å²) in [5, 5.41) is 2.14. The molecule has 9 heteroatoms. The molecule has 0 bridgehead atoms. The predicted molar refractivity (Wildman–Crippen MR) is 141 cm³/mol. The van der Waals surface area contributed by atoms with E-state index in [9.17, 15) is 26.4 Å². The number of carbonyl (C=O) groups excluding carboxylic acids is 1. The zero-order chi connectivity index (χ0) is 27.5. The van der Waals surface area contributed by atoms with Crippen molar-refractivity contribution in [2.45, 2.75) is 62.9 Å². The fraction of sp³-hybridized carbons (Fsp3) is 0.379. The van der Waals surface area contributed by atoms with Crippen LogP contribution in [0.15, 0.2) is 60.8 Å². The summed E-state index contributed by atoms with van der Waals surface area (Å²) in [6.45, 7) is 1.53. The van der Waals surface area contributed by atoms with Crippen molar-refractivity contribution in [2.75, 3.05) is 6.26 Å². The van der Waals surface area contributed by atoms with Gasteiger partial charge in [-0.1, -0.05) is 30.3 Å². The highest BCUT2D eigenvalue weighted by atomic mass is 32.2. The van der Waals surface area contributed by atoms with Gasteiger partial charge in [-0.05, 0) is 92.0 Å². The maximum Gasteiger partial charge on any atom is 0.416 e. The Bertz CT molecular complexity index is 1420. The molecule has 1 aliphatic carbocycles. The van der Waals surface area contributed by atoms with Crippen LogP contribution in [0.4, 0.5) is 13.2 Å². The van der Waals surface area contributed by atoms with Crippen molar-refractivity contribution in [3.05, 3.63) is 99.9 Å². The fourth-order valence-electron chi connectivity index (χ4n) is 4.62. The number of halogens is 3. The number of nitrogens with zero attached hydrogens (tertiary/aromatic N) is 1. The molecule has 1 unspecified atom stereocenters. The van der Waals surface area contributed by atoms with Crippen LogP contribution in [0.5, 0.6) is 0 Å². The van der Waals surface area contributed by atoms with Gasteiger partial charge in [-0.3, -0.25) is 9.78 Å². The zero-order valence-electron chi connectivity index (χ0n) is 21.4. The Morgan fingerprint density at radius 3 is 2.39 bits per heavy atom. The lowest BCUT2D eigenvalue weighted by molar-refractivity contribution is -0.138. The van der Waals surface area contributed by atoms with E-state index in [4.69, 9.17) is 0 Å². The van der Waals surface area contributed by atoms with Crippen molar-refractivity contribution < 1.29 is 26.4 Å². The fourth-order valence-corrected chi connectivity index (χ4v) is 5.24. The van der Waals surface area contributed by atoms with Crippen molar-refractivity contribution in [1.29, 1.82) is 0 Å². The second kappa shape index (κ2) is 11.3. The summed E-state index contributed by atoms with van der Waals surface area (Å²) in [7, 11) is -3.42. The minimum Gasteiger partial charge on any atom is -0.349 e. The van der Waals surface area contributed by atoms with E-state index in [-0.39, 0.29) is 30.4 Å². The molecule has 1 N–H and O–H groups in total. The average molecular weight is 545 g/mol. The van der Waals surface area contributed by atoms with E-state index in [1.807, 2.05) is 6.07 Å². The van der Waals surface area contributed by atoms with Gasteiger partial charge in [0, 0.05) is 24.1 Å². The quantitative estimate of drug-likeness (QED) is 0.366. The lowest BCUT2D eigenvalue weighted by atomic mass is 9.92. The number of rotatable bonds is 9. The molecule has 202 valence electrons. The molecular weight excluding hydrogens is 513 g/mol. The van der Waals surface area contributed by atoms with Gasteiger partial charge < -0.3 is 5.32 Å². The van der Waals surface area contributed by atoms with Crippen LogP contribution in [-0.4, -0.2) is 31.6 Å². The van der Waals surface area contributed by atoms with E-state index in [0.717, 1.165) is 37.1 Å². The van der Waals surface area contributed by atoms with Crippen molar-refractivity contribution in [1.82, 2.24) is 10.3 Å². The van der Waals surface area contributed by atoms with Gasteiger partial charge in [-0.2, -0.15) is 13.2 Å². The molecule has 1 atom stereocenters. The van der Waals surface area contributed by atoms with Crippen molar-refractivity contribution >= 4 is 15.7 Å². The molecule has 0 saturated heterocycles. The van der Waals surface area contributed by atoms with E-state index < -0.39 is 26.8 Å². The largest absolute Gasteiger partial charge is 0.416 e. The molecule has 1 saturated carbocycles. The number of sulfone groups is 1. The summed E-state index contributed by atoms with van der Waals surface area (Å²) in [5.74, 6) is -0.139. The number of pyridine rings is 1. The number of nitrogens with one attached hydrogen (secondary N) is 1. The number of hydrogen-bond donors (Lipinski definition) is 1. The van der Waals surface area contributed by atoms with E-state index in [2.05, 4.69) is 10.3 Å². The minimum absolute atomic E-state index is 0.0711. The highest BCUT2D eigenvalue weighted by Gasteiger charge is 2.33. The number of carbonyl (C=O) groups is 1. The molecule has 4 rings (SSSR count). The van der Waals surface area contributed by atoms with Gasteiger partial charge >= 0.3 is 6.18 Å². The van der Waals surface area contributed by atoms with Gasteiger partial charge in [0.05, 0.1) is 11.3 Å². The zero-order valence-corrected chi connectivity index (χ0v) is 22.2. The average Bonchev–Trinajstić information content (AvgIpc) is 2.83. The number of alkyl halides is 3. The van der Waals surface area contributed by atoms with Crippen LogP contribution < -0.4 is 5.32 Å². The Hall–Kier alpha value is -3.20. The summed E-state index contributed by atoms with van der Waals surface area (Å²) in [6, 6.07) is 14.8. The summed E-state index contributed by atoms with van der Waals surface area (Å²) in [6.07, 6.45) is 1.81. The first-order valence-electron chi connectivity index (χ1n) is 12.6. The molecular formula is C29H31F3N2O3S. The van der Waals surface area contributed by atoms with Crippen molar-refractivity contribution in [3.63, 3.8) is 0 Å². The summed E-state index contributed by atoms with van der Waals surface area (Å²) in [4.78, 5) is 16.8. The van der Waals surface area contributed by atoms with Gasteiger partial charge in [-0.25, -0.2) is 8.42 Å². The molecule has 0 spiro atoms. The highest BCUT2D eigenvalue weighted by molar-refractivity contribution is 7.90. The van der Waals surface area contributed by atoms with Crippen LogP contribution in [0.1, 0.15) is 75.3 Å². The minimum atomic E-state index is -4.52. The first kappa shape index (κ1) is 27.8. The van der Waals surface area contributed by atoms with Crippen LogP contribution in [0.2, 0.25) is 0 Å². The Morgan fingerprint density at radius 2 is 1.74 bits per heavy atom. The molecule has 0 aliphatic heterocycles. The first-order chi connectivity index (χ1) is 17.9. The number of aryl methyl sites for hydroxylation is 2. The molecule has 1 fully saturated rings. The van der Waals surface area contributed by atoms with Gasteiger partial charge in [0.1, 0.15) is 5.25 Å². The number of benzene rings is 2. The Labute approximate surface area is 221 Å². The Morgan fingerprint density at radius 1 is 1.03 bits per heavy atom. The molecule has 1 aromatic heterocycles. The smallest absolute Gasteiger partial charge is 0.349 e. The third kappa shape index (κ3) is 6.81. The second-order valence-electron chi connectivity index (χ2n) is 9.99. The van der Waals surface area contributed by atoms with Crippen LogP contribution in [0.25, 0.3) is 0 Å². The molecule has 5 nitrogen and oxygen atoms in total. The highest BCUT2D eigenvalue weighted by Crippen LogP contribution is 2.34. The topological polar surface area (TPSA) is 76.1 Å². The molecule has 0 radical (unpaired) electrons. The van der Waals surface area contributed by atoms with Gasteiger partial charge in [0.15, 0.2) is 9.84 Å². The normalized spacial score (nSPS) is 15.1. The summed E-state index contributed by atoms with van der Waals surface area (Å²) < 4.78 is 65.7. The Balaban J connectivity index is 1.56. The number of amides is 1. The van der Waals surface area contributed by atoms with Crippen molar-refractivity contribution in [2.24, 2.45) is 0 Å². The molecule has 1 amide bonds. The van der Waals surface area contributed by atoms with Crippen molar-refractivity contribution in [3.8, 4) is 0 Å². The van der Waals surface area contributed by atoms with E-state index >= 15 is 0 Å². The molecule has 2 aromatic carbocycles. The van der Waals surface area contributed by atoms with E-state index in [0.29, 0.717) is 28.8 Å². The molecule has 38 heavy (non-hydrogen) atoms. The van der Waals surface area contributed by atoms with Crippen LogP contribution in [0.3, 0.4) is 0 Å². The third-order valence-electron chi connectivity index (χ3n) is 7.13. The van der Waals surface area contributed by atoms with Crippen LogP contribution in [0, 0.1) is 0 Å². The third-order valence-corrected chi connectivity index (χ3v) is 8.64. The van der Waals surface area contributed by atoms with Gasteiger partial charge in [-0.15, -0.1) is 0 Å². The first-order valence-corrected chi connectivity index (χ1v) is 14.6. The maximum absolute atomic E-state index is 13.8. The van der Waals surface area contributed by atoms with Gasteiger partial charge in [0.2, 0.25) is 0 Å². The monoisotopic (exact) mass is 544 g/mol. The van der Waals surface area contributed by atoms with Gasteiger partial charge in [0.25, 0.3) is 5.91 Å². The summed E-state index contributed by atoms with van der Waals surface area (Å²) >= 11 is 0. The van der Waals surface area contributed by atoms with Crippen LogP contribution >= 0.6 is 0 Å². The number of hydrogen-bond acceptors (Lipinski definition) is 4. The SMILES string of the molecule is CC(c1ncccc1CCc1cc(Cc2cccc(C(=O)NC3CCC3)c2)ccc1C(F)(F)F)S(C)(=O)=O. The molecule has 1 heterocycles. The van der Waals surface area contributed by atoms with E-state index in [1.165, 1.54) is 19.2 Å². The Kier molecular flexibility index (Phi) is 8.25. The van der Waals surface area contributed by atoms with E-state index in [1.54, 1.807) is 36.4 Å². The van der Waals surface area contributed by atoms with Crippen LogP contribution in [-0.2, 0) is 35.3 Å². The lowest BCUT2D eigenvalue weighted by Gasteiger charge is -2.26.